The van der Waals surface area contributed by atoms with Crippen LogP contribution in [0, 0.1) is 18.3 Å². The van der Waals surface area contributed by atoms with Crippen LogP contribution in [0.15, 0.2) is 53.6 Å². The monoisotopic (exact) mass is 463 g/mol. The fourth-order valence-electron chi connectivity index (χ4n) is 3.02. The van der Waals surface area contributed by atoms with Crippen LogP contribution in [0.2, 0.25) is 0 Å². The lowest BCUT2D eigenvalue weighted by Gasteiger charge is -2.29. The van der Waals surface area contributed by atoms with E-state index in [0.29, 0.717) is 16.9 Å². The number of benzene rings is 2. The van der Waals surface area contributed by atoms with Gasteiger partial charge in [0.2, 0.25) is 11.8 Å². The molecule has 1 atom stereocenters. The van der Waals surface area contributed by atoms with E-state index in [2.05, 4.69) is 21.2 Å². The zero-order valence-corrected chi connectivity index (χ0v) is 19.2. The molecule has 1 saturated heterocycles. The Kier molecular flexibility index (Phi) is 6.90. The van der Waals surface area contributed by atoms with E-state index in [9.17, 15) is 24.0 Å². The predicted octanol–water partition coefficient (Wildman–Crippen LogP) is 2.59. The van der Waals surface area contributed by atoms with E-state index in [1.54, 1.807) is 64.1 Å². The molecule has 1 aliphatic rings. The number of barbiturate groups is 1. The van der Waals surface area contributed by atoms with Gasteiger partial charge in [-0.2, -0.15) is 5.10 Å². The number of hydrazone groups is 1. The maximum atomic E-state index is 12.8. The van der Waals surface area contributed by atoms with E-state index in [1.165, 1.54) is 12.1 Å². The van der Waals surface area contributed by atoms with Crippen molar-refractivity contribution in [3.05, 3.63) is 59.7 Å². The van der Waals surface area contributed by atoms with Crippen molar-refractivity contribution in [2.45, 2.75) is 27.7 Å². The maximum Gasteiger partial charge on any atom is 0.335 e. The van der Waals surface area contributed by atoms with Crippen molar-refractivity contribution in [1.82, 2.24) is 10.7 Å². The van der Waals surface area contributed by atoms with Crippen LogP contribution in [0.5, 0.6) is 0 Å². The molecular weight excluding hydrogens is 438 g/mol. The molecule has 0 unspecified atom stereocenters. The van der Waals surface area contributed by atoms with Gasteiger partial charge in [-0.15, -0.1) is 0 Å². The molecule has 1 fully saturated rings. The lowest BCUT2D eigenvalue weighted by Crippen LogP contribution is -2.59. The van der Waals surface area contributed by atoms with Crippen LogP contribution in [0.25, 0.3) is 0 Å². The van der Waals surface area contributed by atoms with E-state index < -0.39 is 35.1 Å². The van der Waals surface area contributed by atoms with Crippen LogP contribution in [0.4, 0.5) is 16.2 Å². The summed E-state index contributed by atoms with van der Waals surface area (Å²) in [5, 5.41) is 8.62. The number of nitrogens with one attached hydrogen (secondary N) is 3. The zero-order chi connectivity index (χ0) is 25.0. The van der Waals surface area contributed by atoms with E-state index in [1.807, 2.05) is 0 Å². The van der Waals surface area contributed by atoms with Gasteiger partial charge in [0, 0.05) is 22.9 Å². The van der Waals surface area contributed by atoms with Crippen molar-refractivity contribution in [1.29, 1.82) is 0 Å². The largest absolute Gasteiger partial charge is 0.335 e. The molecule has 1 aliphatic heterocycles. The van der Waals surface area contributed by atoms with Crippen molar-refractivity contribution < 1.29 is 24.0 Å². The summed E-state index contributed by atoms with van der Waals surface area (Å²) in [4.78, 5) is 62.6. The van der Waals surface area contributed by atoms with Crippen molar-refractivity contribution >= 4 is 47.2 Å². The quantitative estimate of drug-likeness (QED) is 0.356. The van der Waals surface area contributed by atoms with E-state index in [-0.39, 0.29) is 11.5 Å². The number of aryl methyl sites for hydroxylation is 1. The van der Waals surface area contributed by atoms with Gasteiger partial charge in [0.05, 0.1) is 5.69 Å². The molecule has 0 radical (unpaired) electrons. The normalized spacial score (nSPS) is 16.4. The highest BCUT2D eigenvalue weighted by Gasteiger charge is 2.41. The molecule has 0 aromatic heterocycles. The molecule has 176 valence electrons. The van der Waals surface area contributed by atoms with Crippen molar-refractivity contribution in [3.63, 3.8) is 0 Å². The fourth-order valence-corrected chi connectivity index (χ4v) is 3.02. The fraction of sp³-hybridized carbons (Fsp3) is 0.250. The van der Waals surface area contributed by atoms with Crippen LogP contribution in [-0.4, -0.2) is 35.9 Å². The molecule has 0 saturated carbocycles. The van der Waals surface area contributed by atoms with Gasteiger partial charge in [-0.05, 0) is 42.8 Å². The van der Waals surface area contributed by atoms with Gasteiger partial charge in [0.15, 0.2) is 5.92 Å². The Balaban J connectivity index is 1.67. The topological polar surface area (TPSA) is 137 Å². The van der Waals surface area contributed by atoms with Gasteiger partial charge < -0.3 is 5.32 Å². The Morgan fingerprint density at radius 3 is 2.29 bits per heavy atom. The first-order chi connectivity index (χ1) is 16.0. The first kappa shape index (κ1) is 24.3. The highest BCUT2D eigenvalue weighted by atomic mass is 16.2. The molecule has 3 N–H and O–H groups in total. The van der Waals surface area contributed by atoms with Crippen LogP contribution < -0.4 is 21.0 Å². The average Bonchev–Trinajstić information content (AvgIpc) is 2.77. The Hall–Kier alpha value is -4.34. The predicted molar refractivity (Wildman–Crippen MR) is 126 cm³/mol. The number of imide groups is 2. The van der Waals surface area contributed by atoms with Crippen molar-refractivity contribution in [2.24, 2.45) is 16.4 Å². The number of urea groups is 1. The van der Waals surface area contributed by atoms with E-state index >= 15 is 0 Å². The minimum absolute atomic E-state index is 0.164. The van der Waals surface area contributed by atoms with Crippen LogP contribution >= 0.6 is 0 Å². The summed E-state index contributed by atoms with van der Waals surface area (Å²) >= 11 is 0. The van der Waals surface area contributed by atoms with Crippen molar-refractivity contribution in [2.75, 3.05) is 10.2 Å². The Morgan fingerprint density at radius 2 is 1.68 bits per heavy atom. The molecule has 1 heterocycles. The molecule has 34 heavy (non-hydrogen) atoms. The number of para-hydroxylation sites is 1. The first-order valence-electron chi connectivity index (χ1n) is 10.5. The van der Waals surface area contributed by atoms with Gasteiger partial charge >= 0.3 is 6.03 Å². The van der Waals surface area contributed by atoms with Gasteiger partial charge in [-0.25, -0.2) is 15.1 Å². The van der Waals surface area contributed by atoms with Gasteiger partial charge in [0.1, 0.15) is 0 Å². The molecule has 2 aromatic carbocycles. The lowest BCUT2D eigenvalue weighted by atomic mass is 9.95. The summed E-state index contributed by atoms with van der Waals surface area (Å²) in [6.07, 6.45) is 0.977. The molecule has 3 rings (SSSR count). The molecule has 0 spiro atoms. The smallest absolute Gasteiger partial charge is 0.326 e. The first-order valence-corrected chi connectivity index (χ1v) is 10.5. The summed E-state index contributed by atoms with van der Waals surface area (Å²) in [6, 6.07) is 12.1. The third kappa shape index (κ3) is 5.34. The number of rotatable bonds is 5. The van der Waals surface area contributed by atoms with Gasteiger partial charge in [-0.1, -0.05) is 39.0 Å². The number of carbonyl (C=O) groups excluding carboxylic acids is 5. The summed E-state index contributed by atoms with van der Waals surface area (Å²) in [5.41, 5.74) is 3.50. The number of amides is 6. The Morgan fingerprint density at radius 1 is 1.03 bits per heavy atom. The molecule has 0 aliphatic carbocycles. The standard InChI is InChI=1S/C24H25N5O5/c1-14-7-5-6-8-18(14)29-21(32)17(20(31)27-23(29)34)13-25-28-19(30)15-9-11-16(12-10-15)26-22(33)24(2,3)4/h5-13,17H,1-4H3,(H,26,33)(H,28,30)(H,27,31,34)/b25-13-/t17-/m1/s1. The van der Waals surface area contributed by atoms with Gasteiger partial charge in [0.25, 0.3) is 11.8 Å². The lowest BCUT2D eigenvalue weighted by molar-refractivity contribution is -0.131. The number of anilines is 2. The molecule has 6 amide bonds. The number of hydrogen-bond donors (Lipinski definition) is 3. The number of nitrogens with zero attached hydrogens (tertiary/aromatic N) is 2. The minimum Gasteiger partial charge on any atom is -0.326 e. The second-order valence-corrected chi connectivity index (χ2v) is 8.73. The second-order valence-electron chi connectivity index (χ2n) is 8.73. The second kappa shape index (κ2) is 9.65. The highest BCUT2D eigenvalue weighted by Crippen LogP contribution is 2.23. The molecular formula is C24H25N5O5. The third-order valence-corrected chi connectivity index (χ3v) is 5.03. The highest BCUT2D eigenvalue weighted by molar-refractivity contribution is 6.32. The summed E-state index contributed by atoms with van der Waals surface area (Å²) < 4.78 is 0. The molecule has 0 bridgehead atoms. The number of hydrogen-bond acceptors (Lipinski definition) is 6. The molecule has 10 nitrogen and oxygen atoms in total. The maximum absolute atomic E-state index is 12.8. The summed E-state index contributed by atoms with van der Waals surface area (Å²) in [6.45, 7) is 7.09. The summed E-state index contributed by atoms with van der Waals surface area (Å²) in [5.74, 6) is -3.76. The Bertz CT molecular complexity index is 1180. The van der Waals surface area contributed by atoms with Crippen LogP contribution in [0.1, 0.15) is 36.7 Å². The third-order valence-electron chi connectivity index (χ3n) is 5.03. The average molecular weight is 463 g/mol. The van der Waals surface area contributed by atoms with Crippen LogP contribution in [-0.2, 0) is 14.4 Å². The zero-order valence-electron chi connectivity index (χ0n) is 19.2. The minimum atomic E-state index is -1.40. The van der Waals surface area contributed by atoms with E-state index in [4.69, 9.17) is 0 Å². The van der Waals surface area contributed by atoms with E-state index in [0.717, 1.165) is 11.1 Å². The summed E-state index contributed by atoms with van der Waals surface area (Å²) in [7, 11) is 0. The molecule has 2 aromatic rings. The number of carbonyl (C=O) groups is 5. The SMILES string of the molecule is Cc1ccccc1N1C(=O)NC(=O)[C@@H](/C=N\NC(=O)c2ccc(NC(=O)C(C)(C)C)cc2)C1=O. The molecule has 10 heteroatoms. The van der Waals surface area contributed by atoms with Crippen molar-refractivity contribution in [3.8, 4) is 0 Å². The van der Waals surface area contributed by atoms with Gasteiger partial charge in [-0.3, -0.25) is 24.5 Å². The Labute approximate surface area is 196 Å². The van der Waals surface area contributed by atoms with Crippen LogP contribution in [0.3, 0.4) is 0 Å².